The topological polar surface area (TPSA) is 20.2 Å². The second kappa shape index (κ2) is 11.5. The number of aliphatic hydroxyl groups excluding tert-OH is 1. The van der Waals surface area contributed by atoms with Gasteiger partial charge in [0.05, 0.1) is 11.5 Å². The third-order valence-electron chi connectivity index (χ3n) is 2.21. The van der Waals surface area contributed by atoms with E-state index in [4.69, 9.17) is 18.0 Å². The molecule has 1 nitrogen and oxygen atoms in total. The lowest BCUT2D eigenvalue weighted by atomic mass is 10.1. The Bertz CT molecular complexity index is 297. The van der Waals surface area contributed by atoms with Gasteiger partial charge in [0.25, 0.3) is 0 Å². The van der Waals surface area contributed by atoms with Gasteiger partial charge in [0, 0.05) is 0 Å². The molecule has 0 aromatic carbocycles. The number of rotatable bonds is 8. The predicted octanol–water partition coefficient (Wildman–Crippen LogP) is 3.84. The number of allylic oxidation sites excluding steroid dienone is 5. The van der Waals surface area contributed by atoms with E-state index >= 15 is 0 Å². The van der Waals surface area contributed by atoms with E-state index in [9.17, 15) is 5.11 Å². The van der Waals surface area contributed by atoms with Crippen LogP contribution in [0.5, 0.6) is 0 Å². The highest BCUT2D eigenvalue weighted by atomic mass is 35.5. The molecule has 0 saturated heterocycles. The van der Waals surface area contributed by atoms with Crippen LogP contribution in [0.25, 0.3) is 0 Å². The molecule has 1 N–H and O–H groups in total. The SMILES string of the molecule is C#C/C=C\C[C@H](O)[C@@H](Cl)C/C=C\C/C=C\CC. The first-order valence-corrected chi connectivity index (χ1v) is 6.39. The lowest BCUT2D eigenvalue weighted by Crippen LogP contribution is -2.19. The van der Waals surface area contributed by atoms with Crippen molar-refractivity contribution in [3.05, 3.63) is 36.5 Å². The maximum atomic E-state index is 9.69. The zero-order valence-corrected chi connectivity index (χ0v) is 11.1. The van der Waals surface area contributed by atoms with E-state index in [1.165, 1.54) is 0 Å². The normalized spacial score (nSPS) is 15.6. The van der Waals surface area contributed by atoms with Crippen molar-refractivity contribution in [1.82, 2.24) is 0 Å². The summed E-state index contributed by atoms with van der Waals surface area (Å²) in [6.45, 7) is 2.11. The molecule has 0 aromatic rings. The summed E-state index contributed by atoms with van der Waals surface area (Å²) in [7, 11) is 0. The van der Waals surface area contributed by atoms with Gasteiger partial charge in [-0.3, -0.25) is 0 Å². The van der Waals surface area contributed by atoms with Crippen LogP contribution in [0.4, 0.5) is 0 Å². The van der Waals surface area contributed by atoms with Gasteiger partial charge < -0.3 is 5.11 Å². The largest absolute Gasteiger partial charge is 0.391 e. The van der Waals surface area contributed by atoms with Crippen LogP contribution < -0.4 is 0 Å². The first-order chi connectivity index (χ1) is 8.22. The number of halogens is 1. The molecule has 0 aromatic heterocycles. The Balaban J connectivity index is 3.77. The Morgan fingerprint density at radius 3 is 2.53 bits per heavy atom. The van der Waals surface area contributed by atoms with E-state index in [0.717, 1.165) is 12.8 Å². The summed E-state index contributed by atoms with van der Waals surface area (Å²) in [5.41, 5.74) is 0. The third kappa shape index (κ3) is 9.93. The molecule has 0 spiro atoms. The fraction of sp³-hybridized carbons (Fsp3) is 0.467. The standard InChI is InChI=1S/C15H21ClO/c1-3-5-7-8-9-11-12-14(16)15(17)13-10-6-4-2/h2,5-7,9-11,14-15,17H,3,8,12-13H2,1H3/b7-5-,10-6-,11-9-/t14-,15-/m0/s1. The molecule has 2 heteroatoms. The van der Waals surface area contributed by atoms with Gasteiger partial charge in [-0.15, -0.1) is 18.0 Å². The lowest BCUT2D eigenvalue weighted by Gasteiger charge is -2.12. The summed E-state index contributed by atoms with van der Waals surface area (Å²) in [5, 5.41) is 9.43. The van der Waals surface area contributed by atoms with Crippen molar-refractivity contribution in [2.75, 3.05) is 0 Å². The maximum absolute atomic E-state index is 9.69. The van der Waals surface area contributed by atoms with Crippen molar-refractivity contribution in [2.24, 2.45) is 0 Å². The van der Waals surface area contributed by atoms with Gasteiger partial charge in [-0.25, -0.2) is 0 Å². The van der Waals surface area contributed by atoms with E-state index in [0.29, 0.717) is 12.8 Å². The Hall–Kier alpha value is -0.970. The van der Waals surface area contributed by atoms with E-state index in [2.05, 4.69) is 31.1 Å². The first-order valence-electron chi connectivity index (χ1n) is 5.95. The Labute approximate surface area is 110 Å². The monoisotopic (exact) mass is 252 g/mol. The molecular formula is C15H21ClO. The van der Waals surface area contributed by atoms with Crippen molar-refractivity contribution in [2.45, 2.75) is 44.1 Å². The minimum Gasteiger partial charge on any atom is -0.391 e. The van der Waals surface area contributed by atoms with Crippen LogP contribution in [0, 0.1) is 12.3 Å². The van der Waals surface area contributed by atoms with Gasteiger partial charge in [-0.05, 0) is 31.8 Å². The number of hydrogen-bond donors (Lipinski definition) is 1. The molecule has 0 rings (SSSR count). The summed E-state index contributed by atoms with van der Waals surface area (Å²) in [5.74, 6) is 2.38. The smallest absolute Gasteiger partial charge is 0.0741 e. The molecule has 0 aliphatic carbocycles. The van der Waals surface area contributed by atoms with Crippen molar-refractivity contribution < 1.29 is 5.11 Å². The third-order valence-corrected chi connectivity index (χ3v) is 2.68. The fourth-order valence-corrected chi connectivity index (χ4v) is 1.45. The van der Waals surface area contributed by atoms with E-state index in [1.54, 1.807) is 12.2 Å². The average molecular weight is 253 g/mol. The number of hydrogen-bond acceptors (Lipinski definition) is 1. The molecule has 0 bridgehead atoms. The fourth-order valence-electron chi connectivity index (χ4n) is 1.24. The van der Waals surface area contributed by atoms with Gasteiger partial charge in [0.2, 0.25) is 0 Å². The summed E-state index contributed by atoms with van der Waals surface area (Å²) in [6, 6.07) is 0. The van der Waals surface area contributed by atoms with Gasteiger partial charge in [-0.2, -0.15) is 0 Å². The Kier molecular flexibility index (Phi) is 10.9. The molecule has 0 radical (unpaired) electrons. The quantitative estimate of drug-likeness (QED) is 0.395. The minimum absolute atomic E-state index is 0.260. The lowest BCUT2D eigenvalue weighted by molar-refractivity contribution is 0.172. The van der Waals surface area contributed by atoms with Crippen molar-refractivity contribution >= 4 is 11.6 Å². The van der Waals surface area contributed by atoms with Crippen molar-refractivity contribution in [3.63, 3.8) is 0 Å². The summed E-state index contributed by atoms with van der Waals surface area (Å²) < 4.78 is 0. The first kappa shape index (κ1) is 16.0. The zero-order valence-electron chi connectivity index (χ0n) is 10.3. The number of terminal acetylenes is 1. The van der Waals surface area contributed by atoms with Gasteiger partial charge >= 0.3 is 0 Å². The minimum atomic E-state index is -0.544. The molecule has 17 heavy (non-hydrogen) atoms. The van der Waals surface area contributed by atoms with E-state index in [-0.39, 0.29) is 5.38 Å². The zero-order chi connectivity index (χ0) is 12.9. The second-order valence-electron chi connectivity index (χ2n) is 3.71. The maximum Gasteiger partial charge on any atom is 0.0741 e. The Morgan fingerprint density at radius 1 is 1.18 bits per heavy atom. The van der Waals surface area contributed by atoms with Crippen LogP contribution in [0.3, 0.4) is 0 Å². The molecule has 0 aliphatic rings. The Morgan fingerprint density at radius 2 is 1.88 bits per heavy atom. The van der Waals surface area contributed by atoms with Gasteiger partial charge in [-0.1, -0.05) is 43.2 Å². The molecule has 0 unspecified atom stereocenters. The van der Waals surface area contributed by atoms with Crippen molar-refractivity contribution in [3.8, 4) is 12.3 Å². The molecule has 0 saturated carbocycles. The molecule has 0 heterocycles. The van der Waals surface area contributed by atoms with Crippen LogP contribution in [0.2, 0.25) is 0 Å². The highest BCUT2D eigenvalue weighted by Gasteiger charge is 2.12. The molecular weight excluding hydrogens is 232 g/mol. The van der Waals surface area contributed by atoms with Crippen LogP contribution in [-0.2, 0) is 0 Å². The molecule has 94 valence electrons. The molecule has 0 aliphatic heterocycles. The van der Waals surface area contributed by atoms with Crippen LogP contribution in [0.15, 0.2) is 36.5 Å². The number of alkyl halides is 1. The predicted molar refractivity (Wildman–Crippen MR) is 76.0 cm³/mol. The molecule has 0 fully saturated rings. The summed E-state index contributed by atoms with van der Waals surface area (Å²) in [6.07, 6.45) is 19.3. The van der Waals surface area contributed by atoms with Crippen LogP contribution >= 0.6 is 11.6 Å². The van der Waals surface area contributed by atoms with Gasteiger partial charge in [0.1, 0.15) is 0 Å². The summed E-state index contributed by atoms with van der Waals surface area (Å²) in [4.78, 5) is 0. The van der Waals surface area contributed by atoms with Crippen LogP contribution in [0.1, 0.15) is 32.6 Å². The summed E-state index contributed by atoms with van der Waals surface area (Å²) >= 11 is 6.05. The molecule has 0 amide bonds. The number of aliphatic hydroxyl groups is 1. The van der Waals surface area contributed by atoms with Gasteiger partial charge in [0.15, 0.2) is 0 Å². The molecule has 2 atom stereocenters. The second-order valence-corrected chi connectivity index (χ2v) is 4.27. The van der Waals surface area contributed by atoms with E-state index < -0.39 is 6.10 Å². The van der Waals surface area contributed by atoms with Crippen molar-refractivity contribution in [1.29, 1.82) is 0 Å². The van der Waals surface area contributed by atoms with E-state index in [1.807, 2.05) is 6.08 Å². The van der Waals surface area contributed by atoms with Crippen LogP contribution in [-0.4, -0.2) is 16.6 Å². The highest BCUT2D eigenvalue weighted by Crippen LogP contribution is 2.12. The highest BCUT2D eigenvalue weighted by molar-refractivity contribution is 6.21. The average Bonchev–Trinajstić information content (AvgIpc) is 2.33.